The lowest BCUT2D eigenvalue weighted by atomic mass is 9.63. The van der Waals surface area contributed by atoms with Gasteiger partial charge in [0.15, 0.2) is 10.8 Å². The van der Waals surface area contributed by atoms with Crippen LogP contribution in [0.1, 0.15) is 106 Å². The van der Waals surface area contributed by atoms with Crippen molar-refractivity contribution in [2.75, 3.05) is 0 Å². The fourth-order valence-corrected chi connectivity index (χ4v) is 4.56. The second kappa shape index (κ2) is 14.5. The average Bonchev–Trinajstić information content (AvgIpc) is 2.79. The average molecular weight is 571 g/mol. The van der Waals surface area contributed by atoms with Gasteiger partial charge in [-0.25, -0.2) is 0 Å². The Hall–Kier alpha value is -0.840. The van der Waals surface area contributed by atoms with Gasteiger partial charge in [0.2, 0.25) is 0 Å². The lowest BCUT2D eigenvalue weighted by Gasteiger charge is -2.45. The summed E-state index contributed by atoms with van der Waals surface area (Å²) in [6, 6.07) is 0. The number of hydrogen-bond donors (Lipinski definition) is 0. The Morgan fingerprint density at radius 2 is 0.703 bits per heavy atom. The molecule has 0 saturated heterocycles. The van der Waals surface area contributed by atoms with Gasteiger partial charge in [0.05, 0.1) is 0 Å². The van der Waals surface area contributed by atoms with Crippen molar-refractivity contribution >= 4 is 0 Å². The molecule has 2 aliphatic rings. The van der Waals surface area contributed by atoms with Gasteiger partial charge in [0.1, 0.15) is 0 Å². The van der Waals surface area contributed by atoms with Crippen LogP contribution in [0.3, 0.4) is 0 Å². The molecule has 12 heteroatoms. The maximum atomic E-state index is 13.1. The highest BCUT2D eigenvalue weighted by molar-refractivity contribution is 4.97. The van der Waals surface area contributed by atoms with Gasteiger partial charge in [0.25, 0.3) is 0 Å². The summed E-state index contributed by atoms with van der Waals surface area (Å²) in [7, 11) is 0. The molecule has 2 saturated carbocycles. The molecule has 0 N–H and O–H groups in total. The van der Waals surface area contributed by atoms with E-state index in [0.29, 0.717) is 31.6 Å². The van der Waals surface area contributed by atoms with Gasteiger partial charge in [-0.05, 0) is 64.2 Å². The van der Waals surface area contributed by atoms with Gasteiger partial charge in [-0.2, -0.15) is 52.7 Å². The van der Waals surface area contributed by atoms with Crippen LogP contribution in [0, 0.1) is 28.6 Å². The molecule has 0 aromatic carbocycles. The molecule has 0 nitrogen and oxygen atoms in total. The Kier molecular flexibility index (Phi) is 15.0. The molecule has 2 rings (SSSR count). The molecule has 0 heterocycles. The largest absolute Gasteiger partial charge is 0.403 e. The zero-order valence-corrected chi connectivity index (χ0v) is 22.6. The predicted molar refractivity (Wildman–Crippen MR) is 121 cm³/mol. The molecule has 0 atom stereocenters. The van der Waals surface area contributed by atoms with Gasteiger partial charge >= 0.3 is 24.7 Å². The minimum absolute atomic E-state index is 0.0384. The number of hydrogen-bond acceptors (Lipinski definition) is 0. The van der Waals surface area contributed by atoms with Gasteiger partial charge in [-0.3, -0.25) is 0 Å². The van der Waals surface area contributed by atoms with Crippen LogP contribution in [-0.4, -0.2) is 24.7 Å². The fourth-order valence-electron chi connectivity index (χ4n) is 4.56. The van der Waals surface area contributed by atoms with E-state index in [1.807, 2.05) is 27.7 Å². The SMILES string of the molecule is CC.CC.CC(C)(C(F)(F)F)C(F)(F)F.CC(C1CCC(C2CCCCC2)CC1)(C(F)(F)F)C(F)(F)F. The zero-order chi connectivity index (χ0) is 30.1. The third kappa shape index (κ3) is 9.69. The molecule has 2 aliphatic carbocycles. The molecular formula is C25H42F12. The number of alkyl halides is 12. The van der Waals surface area contributed by atoms with Crippen LogP contribution in [0.5, 0.6) is 0 Å². The highest BCUT2D eigenvalue weighted by atomic mass is 19.4. The maximum absolute atomic E-state index is 13.1. The van der Waals surface area contributed by atoms with Gasteiger partial charge in [-0.15, -0.1) is 0 Å². The summed E-state index contributed by atoms with van der Waals surface area (Å²) in [5.74, 6) is -0.507. The predicted octanol–water partition coefficient (Wildman–Crippen LogP) is 11.7. The normalized spacial score (nSPS) is 22.5. The molecule has 0 spiro atoms. The molecule has 2 fully saturated rings. The van der Waals surface area contributed by atoms with Crippen molar-refractivity contribution in [2.45, 2.75) is 131 Å². The third-order valence-electron chi connectivity index (χ3n) is 7.50. The Morgan fingerprint density at radius 1 is 0.405 bits per heavy atom. The fraction of sp³-hybridized carbons (Fsp3) is 1.00. The molecule has 0 bridgehead atoms. The van der Waals surface area contributed by atoms with Crippen molar-refractivity contribution in [1.29, 1.82) is 0 Å². The molecule has 226 valence electrons. The molecule has 0 aromatic rings. The molecule has 37 heavy (non-hydrogen) atoms. The highest BCUT2D eigenvalue weighted by Gasteiger charge is 2.70. The van der Waals surface area contributed by atoms with E-state index in [2.05, 4.69) is 0 Å². The first kappa shape index (κ1) is 38.3. The quantitative estimate of drug-likeness (QED) is 0.290. The monoisotopic (exact) mass is 570 g/mol. The van der Waals surface area contributed by atoms with Crippen LogP contribution < -0.4 is 0 Å². The van der Waals surface area contributed by atoms with Crippen LogP contribution in [-0.2, 0) is 0 Å². The summed E-state index contributed by atoms with van der Waals surface area (Å²) in [4.78, 5) is 0. The second-order valence-corrected chi connectivity index (χ2v) is 9.83. The first-order chi connectivity index (χ1) is 16.6. The summed E-state index contributed by atoms with van der Waals surface area (Å²) in [6.07, 6.45) is -14.2. The first-order valence-corrected chi connectivity index (χ1v) is 12.8. The summed E-state index contributed by atoms with van der Waals surface area (Å²) in [6.45, 7) is 8.55. The number of rotatable bonds is 2. The highest BCUT2D eigenvalue weighted by Crippen LogP contribution is 2.59. The van der Waals surface area contributed by atoms with Gasteiger partial charge < -0.3 is 0 Å². The van der Waals surface area contributed by atoms with Crippen LogP contribution >= 0.6 is 0 Å². The van der Waals surface area contributed by atoms with Crippen LogP contribution in [0.4, 0.5) is 52.7 Å². The van der Waals surface area contributed by atoms with Crippen LogP contribution in [0.15, 0.2) is 0 Å². The van der Waals surface area contributed by atoms with Crippen LogP contribution in [0.2, 0.25) is 0 Å². The Labute approximate surface area is 212 Å². The van der Waals surface area contributed by atoms with E-state index >= 15 is 0 Å². The van der Waals surface area contributed by atoms with E-state index in [-0.39, 0.29) is 26.7 Å². The van der Waals surface area contributed by atoms with E-state index < -0.39 is 41.5 Å². The van der Waals surface area contributed by atoms with Crippen LogP contribution in [0.25, 0.3) is 0 Å². The van der Waals surface area contributed by atoms with Crippen molar-refractivity contribution in [1.82, 2.24) is 0 Å². The smallest absolute Gasteiger partial charge is 0.170 e. The van der Waals surface area contributed by atoms with Gasteiger partial charge in [-0.1, -0.05) is 59.8 Å². The van der Waals surface area contributed by atoms with E-state index in [0.717, 1.165) is 25.7 Å². The van der Waals surface area contributed by atoms with E-state index in [9.17, 15) is 52.7 Å². The van der Waals surface area contributed by atoms with Crippen molar-refractivity contribution in [3.05, 3.63) is 0 Å². The van der Waals surface area contributed by atoms with E-state index in [1.165, 1.54) is 6.42 Å². The topological polar surface area (TPSA) is 0 Å². The lowest BCUT2D eigenvalue weighted by Crippen LogP contribution is -2.53. The lowest BCUT2D eigenvalue weighted by molar-refractivity contribution is -0.354. The summed E-state index contributed by atoms with van der Waals surface area (Å²) in [5.41, 5.74) is -7.20. The Bertz CT molecular complexity index is 567. The molecule has 0 aromatic heterocycles. The standard InChI is InChI=1S/C16H24F6.C5H6F6.2C2H6/c1-14(15(17,18)19,16(20,21)22)13-9-7-12(8-10-13)11-5-3-2-4-6-11;1-3(2,4(6,7)8)5(9,10)11;2*1-2/h11-13H,2-10H2,1H3;1-2H3;2*1-2H3. The van der Waals surface area contributed by atoms with Crippen molar-refractivity contribution in [2.24, 2.45) is 28.6 Å². The second-order valence-electron chi connectivity index (χ2n) is 9.83. The Balaban J connectivity index is 0. The number of halogens is 12. The minimum Gasteiger partial charge on any atom is -0.170 e. The maximum Gasteiger partial charge on any atom is 0.403 e. The van der Waals surface area contributed by atoms with Crippen molar-refractivity contribution in [3.63, 3.8) is 0 Å². The summed E-state index contributed by atoms with van der Waals surface area (Å²) >= 11 is 0. The summed E-state index contributed by atoms with van der Waals surface area (Å²) in [5, 5.41) is 0. The molecule has 0 radical (unpaired) electrons. The minimum atomic E-state index is -5.24. The molecule has 0 unspecified atom stereocenters. The zero-order valence-electron chi connectivity index (χ0n) is 22.6. The molecular weight excluding hydrogens is 528 g/mol. The van der Waals surface area contributed by atoms with E-state index in [4.69, 9.17) is 0 Å². The van der Waals surface area contributed by atoms with Crippen molar-refractivity contribution < 1.29 is 52.7 Å². The third-order valence-corrected chi connectivity index (χ3v) is 7.50. The Morgan fingerprint density at radius 3 is 0.946 bits per heavy atom. The molecule has 0 aliphatic heterocycles. The summed E-state index contributed by atoms with van der Waals surface area (Å²) < 4.78 is 148. The van der Waals surface area contributed by atoms with Crippen molar-refractivity contribution in [3.8, 4) is 0 Å². The van der Waals surface area contributed by atoms with E-state index in [1.54, 1.807) is 0 Å². The first-order valence-electron chi connectivity index (χ1n) is 12.8. The molecule has 0 amide bonds. The van der Waals surface area contributed by atoms with Gasteiger partial charge in [0, 0.05) is 0 Å².